The number of rotatable bonds is 5. The molecule has 1 atom stereocenters. The van der Waals surface area contributed by atoms with E-state index in [2.05, 4.69) is 75.2 Å². The van der Waals surface area contributed by atoms with Crippen molar-refractivity contribution in [2.24, 2.45) is 4.99 Å². The molecule has 0 aliphatic heterocycles. The van der Waals surface area contributed by atoms with E-state index in [4.69, 9.17) is 4.52 Å². The van der Waals surface area contributed by atoms with Crippen molar-refractivity contribution in [1.82, 2.24) is 20.8 Å². The van der Waals surface area contributed by atoms with Gasteiger partial charge in [0.25, 0.3) is 0 Å². The molecule has 0 saturated heterocycles. The third-order valence-electron chi connectivity index (χ3n) is 4.48. The number of nitrogens with one attached hydrogen (secondary N) is 2. The molecule has 1 aromatic heterocycles. The van der Waals surface area contributed by atoms with E-state index in [0.717, 1.165) is 12.5 Å². The summed E-state index contributed by atoms with van der Waals surface area (Å²) >= 11 is 0. The van der Waals surface area contributed by atoms with Crippen LogP contribution in [0.5, 0.6) is 0 Å². The van der Waals surface area contributed by atoms with E-state index in [1.165, 1.54) is 16.3 Å². The smallest absolute Gasteiger partial charge is 0.232 e. The first-order chi connectivity index (χ1) is 13.4. The van der Waals surface area contributed by atoms with Crippen molar-refractivity contribution in [3.8, 4) is 0 Å². The molecule has 1 heterocycles. The Morgan fingerprint density at radius 3 is 2.55 bits per heavy atom. The minimum Gasteiger partial charge on any atom is -0.357 e. The van der Waals surface area contributed by atoms with Gasteiger partial charge in [0.1, 0.15) is 6.54 Å². The minimum atomic E-state index is -0.166. The van der Waals surface area contributed by atoms with Crippen LogP contribution in [0.15, 0.2) is 52.0 Å². The number of fused-ring (bicyclic) bond motifs is 1. The Kier molecular flexibility index (Phi) is 8.01. The van der Waals surface area contributed by atoms with Gasteiger partial charge in [-0.25, -0.2) is 4.99 Å². The zero-order valence-electron chi connectivity index (χ0n) is 17.7. The summed E-state index contributed by atoms with van der Waals surface area (Å²) in [6.07, 6.45) is 0. The van der Waals surface area contributed by atoms with Crippen LogP contribution in [0.1, 0.15) is 57.9 Å². The quantitative estimate of drug-likeness (QED) is 0.290. The first-order valence-electron chi connectivity index (χ1n) is 9.74. The van der Waals surface area contributed by atoms with Crippen LogP contribution >= 0.6 is 24.0 Å². The van der Waals surface area contributed by atoms with Gasteiger partial charge in [-0.05, 0) is 30.2 Å². The van der Waals surface area contributed by atoms with Gasteiger partial charge in [-0.1, -0.05) is 68.4 Å². The SMILES string of the molecule is CCNC(=NCc1noc(C(C)(C)C)n1)NC(C)c1cccc2ccccc12.I. The summed E-state index contributed by atoms with van der Waals surface area (Å²) in [5.41, 5.74) is 1.07. The van der Waals surface area contributed by atoms with Crippen molar-refractivity contribution >= 4 is 40.7 Å². The van der Waals surface area contributed by atoms with Crippen molar-refractivity contribution in [2.45, 2.75) is 52.6 Å². The number of guanidine groups is 1. The molecule has 0 radical (unpaired) electrons. The molecule has 1 unspecified atom stereocenters. The molecule has 6 nitrogen and oxygen atoms in total. The maximum absolute atomic E-state index is 5.35. The van der Waals surface area contributed by atoms with Crippen LogP contribution in [-0.2, 0) is 12.0 Å². The van der Waals surface area contributed by atoms with E-state index in [1.54, 1.807) is 0 Å². The predicted octanol–water partition coefficient (Wildman–Crippen LogP) is 4.95. The topological polar surface area (TPSA) is 75.3 Å². The molecule has 0 saturated carbocycles. The second-order valence-electron chi connectivity index (χ2n) is 7.90. The number of halogens is 1. The standard InChI is InChI=1S/C22H29N5O.HI/c1-6-23-21(24-14-19-26-20(28-27-19)22(3,4)5)25-15(2)17-13-9-11-16-10-7-8-12-18(16)17;/h7-13,15H,6,14H2,1-5H3,(H2,23,24,25);1H. The van der Waals surface area contributed by atoms with Crippen LogP contribution in [0.25, 0.3) is 10.8 Å². The lowest BCUT2D eigenvalue weighted by atomic mass is 9.97. The lowest BCUT2D eigenvalue weighted by Crippen LogP contribution is -2.38. The van der Waals surface area contributed by atoms with Gasteiger partial charge in [-0.3, -0.25) is 0 Å². The maximum atomic E-state index is 5.35. The molecule has 3 rings (SSSR count). The van der Waals surface area contributed by atoms with Crippen molar-refractivity contribution in [1.29, 1.82) is 0 Å². The molecule has 0 aliphatic rings. The number of hydrogen-bond acceptors (Lipinski definition) is 4. The molecule has 7 heteroatoms. The molecule has 156 valence electrons. The summed E-state index contributed by atoms with van der Waals surface area (Å²) in [7, 11) is 0. The minimum absolute atomic E-state index is 0. The zero-order valence-corrected chi connectivity index (χ0v) is 20.0. The molecular weight excluding hydrogens is 477 g/mol. The summed E-state index contributed by atoms with van der Waals surface area (Å²) in [6.45, 7) is 11.5. The molecule has 0 aliphatic carbocycles. The molecule has 0 bridgehead atoms. The van der Waals surface area contributed by atoms with E-state index in [0.29, 0.717) is 18.3 Å². The zero-order chi connectivity index (χ0) is 20.1. The van der Waals surface area contributed by atoms with Crippen molar-refractivity contribution in [3.63, 3.8) is 0 Å². The van der Waals surface area contributed by atoms with Crippen LogP contribution in [0.3, 0.4) is 0 Å². The number of aliphatic imine (C=N–C) groups is 1. The van der Waals surface area contributed by atoms with Crippen molar-refractivity contribution in [3.05, 3.63) is 59.7 Å². The fourth-order valence-electron chi connectivity index (χ4n) is 3.00. The molecule has 2 N–H and O–H groups in total. The molecule has 2 aromatic carbocycles. The van der Waals surface area contributed by atoms with Crippen LogP contribution in [-0.4, -0.2) is 22.6 Å². The highest BCUT2D eigenvalue weighted by Gasteiger charge is 2.21. The third-order valence-corrected chi connectivity index (χ3v) is 4.48. The van der Waals surface area contributed by atoms with Gasteiger partial charge in [0.15, 0.2) is 11.8 Å². The van der Waals surface area contributed by atoms with Gasteiger partial charge in [0.2, 0.25) is 5.89 Å². The summed E-state index contributed by atoms with van der Waals surface area (Å²) < 4.78 is 5.35. The third kappa shape index (κ3) is 5.91. The Bertz CT molecular complexity index is 956. The van der Waals surface area contributed by atoms with Gasteiger partial charge >= 0.3 is 0 Å². The second kappa shape index (κ2) is 10.0. The second-order valence-corrected chi connectivity index (χ2v) is 7.90. The van der Waals surface area contributed by atoms with Crippen LogP contribution < -0.4 is 10.6 Å². The highest BCUT2D eigenvalue weighted by Crippen LogP contribution is 2.24. The van der Waals surface area contributed by atoms with E-state index in [9.17, 15) is 0 Å². The summed E-state index contributed by atoms with van der Waals surface area (Å²) in [5, 5.41) is 13.3. The average Bonchev–Trinajstić information content (AvgIpc) is 3.15. The largest absolute Gasteiger partial charge is 0.357 e. The molecular formula is C22H30IN5O. The highest BCUT2D eigenvalue weighted by atomic mass is 127. The Balaban J connectivity index is 0.00000300. The van der Waals surface area contributed by atoms with Gasteiger partial charge in [0.05, 0.1) is 6.04 Å². The summed E-state index contributed by atoms with van der Waals surface area (Å²) in [6, 6.07) is 14.9. The van der Waals surface area contributed by atoms with Crippen LogP contribution in [0, 0.1) is 0 Å². The first-order valence-corrected chi connectivity index (χ1v) is 9.74. The average molecular weight is 507 g/mol. The fourth-order valence-corrected chi connectivity index (χ4v) is 3.00. The van der Waals surface area contributed by atoms with Crippen LogP contribution in [0.4, 0.5) is 0 Å². The predicted molar refractivity (Wildman–Crippen MR) is 129 cm³/mol. The Morgan fingerprint density at radius 2 is 1.86 bits per heavy atom. The van der Waals surface area contributed by atoms with Gasteiger partial charge in [0, 0.05) is 12.0 Å². The summed E-state index contributed by atoms with van der Waals surface area (Å²) in [4.78, 5) is 9.09. The van der Waals surface area contributed by atoms with Gasteiger partial charge < -0.3 is 15.2 Å². The van der Waals surface area contributed by atoms with Gasteiger partial charge in [-0.15, -0.1) is 24.0 Å². The van der Waals surface area contributed by atoms with Gasteiger partial charge in [-0.2, -0.15) is 4.98 Å². The molecule has 29 heavy (non-hydrogen) atoms. The van der Waals surface area contributed by atoms with E-state index < -0.39 is 0 Å². The lowest BCUT2D eigenvalue weighted by Gasteiger charge is -2.19. The van der Waals surface area contributed by atoms with E-state index >= 15 is 0 Å². The first kappa shape index (κ1) is 23.1. The Hall–Kier alpha value is -2.16. The van der Waals surface area contributed by atoms with Crippen molar-refractivity contribution in [2.75, 3.05) is 6.54 Å². The number of aromatic nitrogens is 2. The molecule has 0 fully saturated rings. The fraction of sp³-hybridized carbons (Fsp3) is 0.409. The highest BCUT2D eigenvalue weighted by molar-refractivity contribution is 14.0. The number of benzene rings is 2. The van der Waals surface area contributed by atoms with Crippen molar-refractivity contribution < 1.29 is 4.52 Å². The monoisotopic (exact) mass is 507 g/mol. The molecule has 3 aromatic rings. The summed E-state index contributed by atoms with van der Waals surface area (Å²) in [5.74, 6) is 1.93. The Morgan fingerprint density at radius 1 is 1.14 bits per heavy atom. The lowest BCUT2D eigenvalue weighted by molar-refractivity contribution is 0.318. The molecule has 0 amide bonds. The van der Waals surface area contributed by atoms with E-state index in [1.807, 2.05) is 27.7 Å². The van der Waals surface area contributed by atoms with Crippen LogP contribution in [0.2, 0.25) is 0 Å². The normalized spacial score (nSPS) is 13.1. The number of nitrogens with zero attached hydrogens (tertiary/aromatic N) is 3. The Labute approximate surface area is 189 Å². The number of hydrogen-bond donors (Lipinski definition) is 2. The maximum Gasteiger partial charge on any atom is 0.232 e. The van der Waals surface area contributed by atoms with E-state index in [-0.39, 0.29) is 35.4 Å². The molecule has 0 spiro atoms.